The van der Waals surface area contributed by atoms with E-state index in [1.165, 1.54) is 10.6 Å². The maximum Gasteiger partial charge on any atom is 0.0731 e. The summed E-state index contributed by atoms with van der Waals surface area (Å²) in [5.74, 6) is 0.429. The summed E-state index contributed by atoms with van der Waals surface area (Å²) in [5.41, 5.74) is 2.40. The first-order valence-corrected chi connectivity index (χ1v) is 9.47. The average Bonchev–Trinajstić information content (AvgIpc) is 3.25. The fourth-order valence-electron chi connectivity index (χ4n) is 3.30. The van der Waals surface area contributed by atoms with Gasteiger partial charge in [-0.25, -0.2) is 0 Å². The second-order valence-electron chi connectivity index (χ2n) is 6.50. The molecule has 0 spiro atoms. The molecule has 4 heterocycles. The van der Waals surface area contributed by atoms with Crippen LogP contribution in [0.2, 0.25) is 0 Å². The molecule has 0 saturated heterocycles. The Bertz CT molecular complexity index is 772. The first-order valence-electron chi connectivity index (χ1n) is 8.59. The maximum absolute atomic E-state index is 5.98. The Balaban J connectivity index is 1.40. The van der Waals surface area contributed by atoms with Crippen LogP contribution in [0.25, 0.3) is 0 Å². The number of fused-ring (bicyclic) bond motifs is 1. The third-order valence-electron chi connectivity index (χ3n) is 4.44. The van der Waals surface area contributed by atoms with Crippen molar-refractivity contribution < 1.29 is 4.74 Å². The Morgan fingerprint density at radius 1 is 1.16 bits per heavy atom. The SMILES string of the molecule is c1cncc(COC[C@@H]2CN(Cc3cccs3)Cc3ccnn3C2)c1. The van der Waals surface area contributed by atoms with Crippen molar-refractivity contribution in [3.05, 3.63) is 70.4 Å². The number of nitrogens with zero attached hydrogens (tertiary/aromatic N) is 4. The summed E-state index contributed by atoms with van der Waals surface area (Å²) in [6, 6.07) is 10.5. The first-order chi connectivity index (χ1) is 12.4. The second-order valence-corrected chi connectivity index (χ2v) is 7.53. The van der Waals surface area contributed by atoms with Gasteiger partial charge in [0.1, 0.15) is 0 Å². The van der Waals surface area contributed by atoms with Gasteiger partial charge in [0.15, 0.2) is 0 Å². The van der Waals surface area contributed by atoms with Crippen LogP contribution in [0.1, 0.15) is 16.1 Å². The molecule has 1 atom stereocenters. The molecule has 130 valence electrons. The zero-order valence-electron chi connectivity index (χ0n) is 14.1. The van der Waals surface area contributed by atoms with Crippen molar-refractivity contribution >= 4 is 11.3 Å². The molecule has 0 aromatic carbocycles. The zero-order valence-corrected chi connectivity index (χ0v) is 14.9. The quantitative estimate of drug-likeness (QED) is 0.682. The van der Waals surface area contributed by atoms with E-state index in [0.717, 1.165) is 38.3 Å². The number of thiophene rings is 1. The van der Waals surface area contributed by atoms with Crippen LogP contribution in [0.15, 0.2) is 54.3 Å². The van der Waals surface area contributed by atoms with Crippen molar-refractivity contribution in [2.45, 2.75) is 26.2 Å². The van der Waals surface area contributed by atoms with E-state index in [0.29, 0.717) is 12.5 Å². The average molecular weight is 354 g/mol. The fraction of sp³-hybridized carbons (Fsp3) is 0.368. The molecule has 0 radical (unpaired) electrons. The second kappa shape index (κ2) is 7.91. The molecule has 25 heavy (non-hydrogen) atoms. The summed E-state index contributed by atoms with van der Waals surface area (Å²) in [5, 5.41) is 6.64. The molecule has 0 fully saturated rings. The van der Waals surface area contributed by atoms with E-state index in [1.54, 1.807) is 6.20 Å². The number of pyridine rings is 1. The molecule has 4 rings (SSSR count). The van der Waals surface area contributed by atoms with Crippen LogP contribution >= 0.6 is 11.3 Å². The lowest BCUT2D eigenvalue weighted by atomic mass is 10.1. The minimum atomic E-state index is 0.429. The number of ether oxygens (including phenoxy) is 1. The zero-order chi connectivity index (χ0) is 16.9. The molecule has 0 saturated carbocycles. The van der Waals surface area contributed by atoms with E-state index in [-0.39, 0.29) is 0 Å². The highest BCUT2D eigenvalue weighted by atomic mass is 32.1. The lowest BCUT2D eigenvalue weighted by Gasteiger charge is -2.23. The molecule has 5 nitrogen and oxygen atoms in total. The van der Waals surface area contributed by atoms with Crippen LogP contribution < -0.4 is 0 Å². The summed E-state index contributed by atoms with van der Waals surface area (Å²) in [7, 11) is 0. The highest BCUT2D eigenvalue weighted by molar-refractivity contribution is 7.09. The number of aromatic nitrogens is 3. The third-order valence-corrected chi connectivity index (χ3v) is 5.30. The predicted molar refractivity (Wildman–Crippen MR) is 98.0 cm³/mol. The lowest BCUT2D eigenvalue weighted by molar-refractivity contribution is 0.0657. The summed E-state index contributed by atoms with van der Waals surface area (Å²) in [6.07, 6.45) is 5.55. The van der Waals surface area contributed by atoms with Gasteiger partial charge in [0.05, 0.1) is 18.9 Å². The molecular formula is C19H22N4OS. The molecular weight excluding hydrogens is 332 g/mol. The van der Waals surface area contributed by atoms with Crippen molar-refractivity contribution in [3.63, 3.8) is 0 Å². The van der Waals surface area contributed by atoms with E-state index in [9.17, 15) is 0 Å². The van der Waals surface area contributed by atoms with Gasteiger partial charge in [-0.15, -0.1) is 11.3 Å². The van der Waals surface area contributed by atoms with Crippen LogP contribution in [-0.2, 0) is 31.0 Å². The molecule has 0 unspecified atom stereocenters. The van der Waals surface area contributed by atoms with Gasteiger partial charge in [0, 0.05) is 55.6 Å². The highest BCUT2D eigenvalue weighted by Crippen LogP contribution is 2.20. The summed E-state index contributed by atoms with van der Waals surface area (Å²) < 4.78 is 8.12. The first kappa shape index (κ1) is 16.4. The lowest BCUT2D eigenvalue weighted by Crippen LogP contribution is -2.29. The summed E-state index contributed by atoms with van der Waals surface area (Å²) in [4.78, 5) is 8.05. The Morgan fingerprint density at radius 3 is 3.00 bits per heavy atom. The van der Waals surface area contributed by atoms with Crippen LogP contribution in [0.5, 0.6) is 0 Å². The normalized spacial score (nSPS) is 18.0. The van der Waals surface area contributed by atoms with Crippen LogP contribution in [0, 0.1) is 5.92 Å². The highest BCUT2D eigenvalue weighted by Gasteiger charge is 2.22. The van der Waals surface area contributed by atoms with E-state index >= 15 is 0 Å². The fourth-order valence-corrected chi connectivity index (χ4v) is 4.04. The third kappa shape index (κ3) is 4.34. The topological polar surface area (TPSA) is 43.2 Å². The van der Waals surface area contributed by atoms with Gasteiger partial charge in [-0.05, 0) is 29.1 Å². The Morgan fingerprint density at radius 2 is 2.16 bits per heavy atom. The maximum atomic E-state index is 5.98. The van der Waals surface area contributed by atoms with Gasteiger partial charge in [0.2, 0.25) is 0 Å². The van der Waals surface area contributed by atoms with Crippen LogP contribution in [-0.4, -0.2) is 32.8 Å². The summed E-state index contributed by atoms with van der Waals surface area (Å²) >= 11 is 1.82. The van der Waals surface area contributed by atoms with E-state index in [1.807, 2.05) is 29.8 Å². The van der Waals surface area contributed by atoms with Crippen LogP contribution in [0.3, 0.4) is 0 Å². The minimum Gasteiger partial charge on any atom is -0.376 e. The van der Waals surface area contributed by atoms with E-state index in [4.69, 9.17) is 4.74 Å². The number of hydrogen-bond donors (Lipinski definition) is 0. The largest absolute Gasteiger partial charge is 0.376 e. The molecule has 3 aromatic rings. The monoisotopic (exact) mass is 354 g/mol. The molecule has 0 bridgehead atoms. The molecule has 3 aromatic heterocycles. The minimum absolute atomic E-state index is 0.429. The molecule has 6 heteroatoms. The molecule has 0 N–H and O–H groups in total. The molecule has 0 amide bonds. The van der Waals surface area contributed by atoms with Gasteiger partial charge < -0.3 is 4.74 Å². The van der Waals surface area contributed by atoms with Crippen molar-refractivity contribution in [2.75, 3.05) is 13.2 Å². The van der Waals surface area contributed by atoms with E-state index in [2.05, 4.69) is 49.3 Å². The molecule has 0 aliphatic carbocycles. The standard InChI is InChI=1S/C19H22N4OS/c1-3-16(9-20-6-1)14-24-15-17-10-22(13-19-4-2-8-25-19)12-18-5-7-21-23(18)11-17/h1-9,17H,10-15H2/t17-/m1/s1. The van der Waals surface area contributed by atoms with Crippen molar-refractivity contribution in [3.8, 4) is 0 Å². The van der Waals surface area contributed by atoms with Crippen molar-refractivity contribution in [1.29, 1.82) is 0 Å². The number of hydrogen-bond acceptors (Lipinski definition) is 5. The Kier molecular flexibility index (Phi) is 5.20. The Hall–Kier alpha value is -2.02. The van der Waals surface area contributed by atoms with Gasteiger partial charge >= 0.3 is 0 Å². The molecule has 1 aliphatic heterocycles. The van der Waals surface area contributed by atoms with Gasteiger partial charge in [-0.2, -0.15) is 5.10 Å². The molecule has 1 aliphatic rings. The van der Waals surface area contributed by atoms with Gasteiger partial charge in [-0.3, -0.25) is 14.6 Å². The van der Waals surface area contributed by atoms with Gasteiger partial charge in [-0.1, -0.05) is 12.1 Å². The smallest absolute Gasteiger partial charge is 0.0731 e. The van der Waals surface area contributed by atoms with Crippen molar-refractivity contribution in [1.82, 2.24) is 19.7 Å². The van der Waals surface area contributed by atoms with Crippen molar-refractivity contribution in [2.24, 2.45) is 5.92 Å². The number of rotatable bonds is 6. The van der Waals surface area contributed by atoms with Crippen LogP contribution in [0.4, 0.5) is 0 Å². The van der Waals surface area contributed by atoms with Gasteiger partial charge in [0.25, 0.3) is 0 Å². The van der Waals surface area contributed by atoms with E-state index < -0.39 is 0 Å². The summed E-state index contributed by atoms with van der Waals surface area (Å²) in [6.45, 7) is 5.21. The predicted octanol–water partition coefficient (Wildman–Crippen LogP) is 3.19. The Labute approximate surface area is 151 Å².